The summed E-state index contributed by atoms with van der Waals surface area (Å²) in [6.07, 6.45) is 0. The molecule has 0 spiro atoms. The highest BCUT2D eigenvalue weighted by molar-refractivity contribution is 7.85. The largest absolute Gasteiger partial charge is 0.312 e. The van der Waals surface area contributed by atoms with Gasteiger partial charge in [0.1, 0.15) is 0 Å². The van der Waals surface area contributed by atoms with Gasteiger partial charge in [-0.05, 0) is 37.6 Å². The molecule has 0 amide bonds. The number of nitrogens with one attached hydrogen (secondary N) is 1. The van der Waals surface area contributed by atoms with Gasteiger partial charge in [-0.1, -0.05) is 32.0 Å². The molecule has 0 aromatic heterocycles. The van der Waals surface area contributed by atoms with E-state index < -0.39 is 10.8 Å². The van der Waals surface area contributed by atoms with Gasteiger partial charge < -0.3 is 5.32 Å². The minimum atomic E-state index is -0.777. The van der Waals surface area contributed by atoms with Crippen molar-refractivity contribution in [2.24, 2.45) is 0 Å². The Balaban J connectivity index is 2.86. The lowest BCUT2D eigenvalue weighted by atomic mass is 10.0. The Morgan fingerprint density at radius 2 is 1.88 bits per heavy atom. The zero-order valence-corrected chi connectivity index (χ0v) is 12.2. The van der Waals surface area contributed by atoms with E-state index in [1.165, 1.54) is 16.7 Å². The first-order chi connectivity index (χ1) is 7.95. The van der Waals surface area contributed by atoms with Crippen LogP contribution < -0.4 is 5.32 Å². The zero-order chi connectivity index (χ0) is 13.0. The quantitative estimate of drug-likeness (QED) is 0.874. The molecule has 0 fully saturated rings. The lowest BCUT2D eigenvalue weighted by Gasteiger charge is -2.18. The molecule has 1 aromatic carbocycles. The highest BCUT2D eigenvalue weighted by Crippen LogP contribution is 2.18. The van der Waals surface area contributed by atoms with Gasteiger partial charge in [-0.3, -0.25) is 4.21 Å². The van der Waals surface area contributed by atoms with Crippen LogP contribution >= 0.6 is 0 Å². The van der Waals surface area contributed by atoms with Gasteiger partial charge in [-0.2, -0.15) is 0 Å². The fourth-order valence-corrected chi connectivity index (χ4v) is 2.76. The summed E-state index contributed by atoms with van der Waals surface area (Å²) >= 11 is 0. The summed E-state index contributed by atoms with van der Waals surface area (Å²) in [5, 5.41) is 3.48. The first kappa shape index (κ1) is 14.4. The van der Waals surface area contributed by atoms with Crippen LogP contribution in [0, 0.1) is 13.8 Å². The normalized spacial score (nSPS) is 14.9. The molecule has 96 valence electrons. The van der Waals surface area contributed by atoms with Gasteiger partial charge in [0.05, 0.1) is 0 Å². The molecule has 1 N–H and O–H groups in total. The number of benzene rings is 1. The van der Waals surface area contributed by atoms with Crippen molar-refractivity contribution >= 4 is 10.8 Å². The second-order valence-electron chi connectivity index (χ2n) is 4.78. The van der Waals surface area contributed by atoms with Crippen LogP contribution in [0.15, 0.2) is 18.2 Å². The average molecular weight is 253 g/mol. The molecule has 17 heavy (non-hydrogen) atoms. The first-order valence-corrected chi connectivity index (χ1v) is 7.45. The standard InChI is InChI=1S/C14H23NOS/c1-10(2)17(16)9-14(15-5)13-7-6-11(3)12(4)8-13/h6-8,10,14-15H,9H2,1-5H3. The minimum Gasteiger partial charge on any atom is -0.312 e. The highest BCUT2D eigenvalue weighted by Gasteiger charge is 2.15. The Kier molecular flexibility index (Phi) is 5.34. The van der Waals surface area contributed by atoms with E-state index in [0.717, 1.165) is 0 Å². The van der Waals surface area contributed by atoms with Crippen molar-refractivity contribution in [2.45, 2.75) is 39.0 Å². The number of rotatable bonds is 5. The van der Waals surface area contributed by atoms with E-state index in [-0.39, 0.29) is 11.3 Å². The molecule has 2 unspecified atom stereocenters. The molecular formula is C14H23NOS. The van der Waals surface area contributed by atoms with Crippen LogP contribution in [0.4, 0.5) is 0 Å². The topological polar surface area (TPSA) is 29.1 Å². The van der Waals surface area contributed by atoms with E-state index >= 15 is 0 Å². The zero-order valence-electron chi connectivity index (χ0n) is 11.4. The Labute approximate surface area is 107 Å². The van der Waals surface area contributed by atoms with E-state index in [0.29, 0.717) is 5.75 Å². The van der Waals surface area contributed by atoms with Gasteiger partial charge in [0.15, 0.2) is 0 Å². The first-order valence-electron chi connectivity index (χ1n) is 6.07. The Morgan fingerprint density at radius 3 is 2.35 bits per heavy atom. The van der Waals surface area contributed by atoms with Crippen molar-refractivity contribution in [1.82, 2.24) is 5.32 Å². The fraction of sp³-hybridized carbons (Fsp3) is 0.571. The second kappa shape index (κ2) is 6.31. The summed E-state index contributed by atoms with van der Waals surface area (Å²) in [5.74, 6) is 0.677. The third kappa shape index (κ3) is 3.93. The molecule has 0 aliphatic rings. The van der Waals surface area contributed by atoms with Gasteiger partial charge in [-0.15, -0.1) is 0 Å². The van der Waals surface area contributed by atoms with E-state index in [4.69, 9.17) is 0 Å². The molecule has 0 saturated heterocycles. The predicted molar refractivity (Wildman–Crippen MR) is 75.9 cm³/mol. The molecule has 2 nitrogen and oxygen atoms in total. The lowest BCUT2D eigenvalue weighted by Crippen LogP contribution is -2.25. The van der Waals surface area contributed by atoms with E-state index in [9.17, 15) is 4.21 Å². The Hall–Kier alpha value is -0.670. The van der Waals surface area contributed by atoms with Crippen LogP contribution in [0.1, 0.15) is 36.6 Å². The third-order valence-corrected chi connectivity index (χ3v) is 4.85. The molecule has 0 saturated carbocycles. The molecule has 1 aromatic rings. The van der Waals surface area contributed by atoms with Gasteiger partial charge in [0.25, 0.3) is 0 Å². The Bertz CT molecular complexity index is 401. The molecular weight excluding hydrogens is 230 g/mol. The van der Waals surface area contributed by atoms with Crippen molar-refractivity contribution < 1.29 is 4.21 Å². The SMILES string of the molecule is CNC(CS(=O)C(C)C)c1ccc(C)c(C)c1. The maximum absolute atomic E-state index is 11.9. The third-order valence-electron chi connectivity index (χ3n) is 3.14. The van der Waals surface area contributed by atoms with Crippen molar-refractivity contribution in [3.8, 4) is 0 Å². The Morgan fingerprint density at radius 1 is 1.24 bits per heavy atom. The summed E-state index contributed by atoms with van der Waals surface area (Å²) in [4.78, 5) is 0. The molecule has 2 atom stereocenters. The maximum atomic E-state index is 11.9. The van der Waals surface area contributed by atoms with Crippen LogP contribution in [-0.4, -0.2) is 22.3 Å². The lowest BCUT2D eigenvalue weighted by molar-refractivity contribution is 0.631. The van der Waals surface area contributed by atoms with Crippen molar-refractivity contribution in [3.05, 3.63) is 34.9 Å². The summed E-state index contributed by atoms with van der Waals surface area (Å²) in [6, 6.07) is 6.63. The summed E-state index contributed by atoms with van der Waals surface area (Å²) in [5.41, 5.74) is 3.82. The highest BCUT2D eigenvalue weighted by atomic mass is 32.2. The van der Waals surface area contributed by atoms with Crippen LogP contribution in [0.2, 0.25) is 0 Å². The van der Waals surface area contributed by atoms with Crippen molar-refractivity contribution in [1.29, 1.82) is 0 Å². The van der Waals surface area contributed by atoms with E-state index in [1.54, 1.807) is 0 Å². The molecule has 0 heterocycles. The van der Waals surface area contributed by atoms with Crippen LogP contribution in [0.25, 0.3) is 0 Å². The molecule has 0 aliphatic carbocycles. The summed E-state index contributed by atoms with van der Waals surface area (Å²) in [7, 11) is 1.15. The van der Waals surface area contributed by atoms with Crippen molar-refractivity contribution in [3.63, 3.8) is 0 Å². The number of aryl methyl sites for hydroxylation is 2. The molecule has 3 heteroatoms. The van der Waals surface area contributed by atoms with Gasteiger partial charge >= 0.3 is 0 Å². The fourth-order valence-electron chi connectivity index (χ4n) is 1.68. The summed E-state index contributed by atoms with van der Waals surface area (Å²) < 4.78 is 11.9. The van der Waals surface area contributed by atoms with Crippen LogP contribution in [-0.2, 0) is 10.8 Å². The van der Waals surface area contributed by atoms with Gasteiger partial charge in [0.2, 0.25) is 0 Å². The van der Waals surface area contributed by atoms with Crippen LogP contribution in [0.5, 0.6) is 0 Å². The number of hydrogen-bond acceptors (Lipinski definition) is 2. The molecule has 0 radical (unpaired) electrons. The van der Waals surface area contributed by atoms with Crippen LogP contribution in [0.3, 0.4) is 0 Å². The minimum absolute atomic E-state index is 0.178. The molecule has 0 bridgehead atoms. The number of hydrogen-bond donors (Lipinski definition) is 1. The second-order valence-corrected chi connectivity index (χ2v) is 6.82. The maximum Gasteiger partial charge on any atom is 0.0434 e. The predicted octanol–water partition coefficient (Wildman–Crippen LogP) is 2.72. The van der Waals surface area contributed by atoms with Gasteiger partial charge in [0, 0.05) is 27.8 Å². The summed E-state index contributed by atoms with van der Waals surface area (Å²) in [6.45, 7) is 8.23. The molecule has 1 rings (SSSR count). The van der Waals surface area contributed by atoms with E-state index in [2.05, 4.69) is 37.4 Å². The van der Waals surface area contributed by atoms with Gasteiger partial charge in [-0.25, -0.2) is 0 Å². The molecule has 0 aliphatic heterocycles. The average Bonchev–Trinajstić information content (AvgIpc) is 2.29. The monoisotopic (exact) mass is 253 g/mol. The van der Waals surface area contributed by atoms with Crippen molar-refractivity contribution in [2.75, 3.05) is 12.8 Å². The van der Waals surface area contributed by atoms with E-state index in [1.807, 2.05) is 20.9 Å². The smallest absolute Gasteiger partial charge is 0.0434 e.